The van der Waals surface area contributed by atoms with Crippen LogP contribution in [0.3, 0.4) is 0 Å². The van der Waals surface area contributed by atoms with Gasteiger partial charge in [0.1, 0.15) is 0 Å². The predicted molar refractivity (Wildman–Crippen MR) is 71.0 cm³/mol. The van der Waals surface area contributed by atoms with Gasteiger partial charge in [0.05, 0.1) is 5.56 Å². The number of carbonyl (C=O) groups excluding carboxylic acids is 2. The Labute approximate surface area is 120 Å². The Hall–Kier alpha value is -1.49. The summed E-state index contributed by atoms with van der Waals surface area (Å²) in [4.78, 5) is 29.5. The summed E-state index contributed by atoms with van der Waals surface area (Å²) in [5, 5.41) is -0.290. The number of hydrogen-bond donors (Lipinski definition) is 0. The zero-order valence-corrected chi connectivity index (χ0v) is 11.6. The summed E-state index contributed by atoms with van der Waals surface area (Å²) < 4.78 is 13.9. The number of piperidine rings is 1. The van der Waals surface area contributed by atoms with Crippen LogP contribution in [0.25, 0.3) is 0 Å². The molecule has 0 aromatic carbocycles. The molecule has 3 rings (SSSR count). The normalized spacial score (nSPS) is 25.7. The molecule has 1 unspecified atom stereocenters. The molecule has 1 aromatic heterocycles. The molecular weight excluding hydrogens is 283 g/mol. The minimum Gasteiger partial charge on any atom is -0.339 e. The molecular formula is C14H14ClFN2O2. The van der Waals surface area contributed by atoms with E-state index in [1.807, 2.05) is 0 Å². The second-order valence-electron chi connectivity index (χ2n) is 5.34. The van der Waals surface area contributed by atoms with Gasteiger partial charge in [-0.15, -0.1) is 0 Å². The average Bonchev–Trinajstić information content (AvgIpc) is 2.82. The maximum absolute atomic E-state index is 13.9. The molecule has 0 saturated carbocycles. The molecule has 2 aliphatic rings. The third-order valence-corrected chi connectivity index (χ3v) is 4.46. The number of Topliss-reactive ketones (excluding diaryl/α,β-unsaturated/α-hetero) is 1. The Morgan fingerprint density at radius 2 is 2.20 bits per heavy atom. The molecule has 0 N–H and O–H groups in total. The molecule has 4 nitrogen and oxygen atoms in total. The molecule has 20 heavy (non-hydrogen) atoms. The van der Waals surface area contributed by atoms with Crippen LogP contribution < -0.4 is 0 Å². The van der Waals surface area contributed by atoms with Crippen molar-refractivity contribution in [3.8, 4) is 0 Å². The second-order valence-corrected chi connectivity index (χ2v) is 5.70. The van der Waals surface area contributed by atoms with Crippen LogP contribution in [0.4, 0.5) is 4.39 Å². The fourth-order valence-electron chi connectivity index (χ4n) is 3.11. The van der Waals surface area contributed by atoms with Gasteiger partial charge in [-0.2, -0.15) is 0 Å². The Balaban J connectivity index is 1.81. The monoisotopic (exact) mass is 296 g/mol. The zero-order valence-electron chi connectivity index (χ0n) is 10.8. The molecule has 1 amide bonds. The molecule has 2 atom stereocenters. The quantitative estimate of drug-likeness (QED) is 0.622. The van der Waals surface area contributed by atoms with E-state index in [4.69, 9.17) is 11.6 Å². The highest BCUT2D eigenvalue weighted by molar-refractivity contribution is 6.30. The fraction of sp³-hybridized carbons (Fsp3) is 0.500. The minimum atomic E-state index is -0.769. The lowest BCUT2D eigenvalue weighted by Gasteiger charge is -2.34. The highest BCUT2D eigenvalue weighted by atomic mass is 35.5. The van der Waals surface area contributed by atoms with E-state index in [0.29, 0.717) is 19.4 Å². The fourth-order valence-corrected chi connectivity index (χ4v) is 3.27. The number of nitrogens with zero attached hydrogens (tertiary/aromatic N) is 2. The van der Waals surface area contributed by atoms with Gasteiger partial charge in [0.2, 0.25) is 5.91 Å². The van der Waals surface area contributed by atoms with Gasteiger partial charge in [-0.1, -0.05) is 11.6 Å². The number of ketones is 1. The van der Waals surface area contributed by atoms with Crippen LogP contribution in [0, 0.1) is 11.7 Å². The molecule has 0 radical (unpaired) electrons. The first kappa shape index (κ1) is 13.5. The summed E-state index contributed by atoms with van der Waals surface area (Å²) in [5.74, 6) is -1.30. The zero-order chi connectivity index (χ0) is 14.3. The number of pyridine rings is 1. The first-order valence-electron chi connectivity index (χ1n) is 6.71. The third kappa shape index (κ3) is 2.20. The van der Waals surface area contributed by atoms with E-state index < -0.39 is 5.82 Å². The lowest BCUT2D eigenvalue weighted by Crippen LogP contribution is -2.44. The Morgan fingerprint density at radius 3 is 3.00 bits per heavy atom. The van der Waals surface area contributed by atoms with Crippen molar-refractivity contribution in [1.82, 2.24) is 9.88 Å². The number of rotatable bonds is 2. The third-order valence-electron chi connectivity index (χ3n) is 4.20. The number of hydrogen-bond acceptors (Lipinski definition) is 3. The number of amides is 1. The summed E-state index contributed by atoms with van der Waals surface area (Å²) in [7, 11) is 0. The summed E-state index contributed by atoms with van der Waals surface area (Å²) in [5.41, 5.74) is -0.0277. The molecule has 2 fully saturated rings. The smallest absolute Gasteiger partial charge is 0.222 e. The van der Waals surface area contributed by atoms with Crippen molar-refractivity contribution in [2.75, 3.05) is 6.54 Å². The van der Waals surface area contributed by atoms with Crippen molar-refractivity contribution in [3.05, 3.63) is 28.8 Å². The van der Waals surface area contributed by atoms with E-state index in [1.54, 1.807) is 4.90 Å². The SMILES string of the molecule is O=C(c1ccnc(Cl)c1F)C1CC[C@H]2CCC(=O)N2C1. The van der Waals surface area contributed by atoms with Crippen LogP contribution >= 0.6 is 11.6 Å². The number of halogens is 2. The van der Waals surface area contributed by atoms with E-state index in [9.17, 15) is 14.0 Å². The number of fused-ring (bicyclic) bond motifs is 1. The van der Waals surface area contributed by atoms with Crippen molar-refractivity contribution < 1.29 is 14.0 Å². The van der Waals surface area contributed by atoms with Gasteiger partial charge in [-0.05, 0) is 25.3 Å². The van der Waals surface area contributed by atoms with E-state index >= 15 is 0 Å². The van der Waals surface area contributed by atoms with Crippen molar-refractivity contribution in [3.63, 3.8) is 0 Å². The highest BCUT2D eigenvalue weighted by Gasteiger charge is 2.39. The first-order chi connectivity index (χ1) is 9.58. The Morgan fingerprint density at radius 1 is 1.40 bits per heavy atom. The maximum Gasteiger partial charge on any atom is 0.222 e. The number of carbonyl (C=O) groups is 2. The molecule has 2 saturated heterocycles. The summed E-state index contributed by atoms with van der Waals surface area (Å²) in [6, 6.07) is 1.61. The average molecular weight is 297 g/mol. The van der Waals surface area contributed by atoms with Crippen molar-refractivity contribution >= 4 is 23.3 Å². The van der Waals surface area contributed by atoms with Gasteiger partial charge in [0.25, 0.3) is 0 Å². The van der Waals surface area contributed by atoms with Crippen LogP contribution in [-0.4, -0.2) is 34.2 Å². The van der Waals surface area contributed by atoms with Gasteiger partial charge in [-0.3, -0.25) is 9.59 Å². The highest BCUT2D eigenvalue weighted by Crippen LogP contribution is 2.32. The lowest BCUT2D eigenvalue weighted by atomic mass is 9.87. The van der Waals surface area contributed by atoms with E-state index in [2.05, 4.69) is 4.98 Å². The largest absolute Gasteiger partial charge is 0.339 e. The van der Waals surface area contributed by atoms with Crippen molar-refractivity contribution in [1.29, 1.82) is 0 Å². The summed E-state index contributed by atoms with van der Waals surface area (Å²) in [6.45, 7) is 0.391. The minimum absolute atomic E-state index is 0.0277. The van der Waals surface area contributed by atoms with Gasteiger partial charge in [0.15, 0.2) is 16.8 Å². The van der Waals surface area contributed by atoms with Gasteiger partial charge in [-0.25, -0.2) is 9.37 Å². The Bertz CT molecular complexity index is 578. The van der Waals surface area contributed by atoms with Gasteiger partial charge in [0, 0.05) is 31.1 Å². The molecule has 0 aliphatic carbocycles. The molecule has 0 spiro atoms. The van der Waals surface area contributed by atoms with Crippen LogP contribution in [0.15, 0.2) is 12.3 Å². The number of aromatic nitrogens is 1. The molecule has 3 heterocycles. The van der Waals surface area contributed by atoms with Crippen LogP contribution in [-0.2, 0) is 4.79 Å². The van der Waals surface area contributed by atoms with Crippen LogP contribution in [0.2, 0.25) is 5.15 Å². The topological polar surface area (TPSA) is 50.3 Å². The maximum atomic E-state index is 13.9. The summed E-state index contributed by atoms with van der Waals surface area (Å²) in [6.07, 6.45) is 4.25. The van der Waals surface area contributed by atoms with E-state index in [0.717, 1.165) is 12.8 Å². The van der Waals surface area contributed by atoms with Crippen molar-refractivity contribution in [2.45, 2.75) is 31.7 Å². The molecule has 1 aromatic rings. The standard InChI is InChI=1S/C14H14ClFN2O2/c15-14-12(16)10(5-6-17-14)13(20)8-1-2-9-3-4-11(19)18(9)7-8/h5-6,8-9H,1-4,7H2/t8?,9-/m0/s1. The molecule has 0 bridgehead atoms. The summed E-state index contributed by atoms with van der Waals surface area (Å²) >= 11 is 5.61. The molecule has 106 valence electrons. The molecule has 2 aliphatic heterocycles. The second kappa shape index (κ2) is 5.13. The van der Waals surface area contributed by atoms with E-state index in [-0.39, 0.29) is 34.4 Å². The van der Waals surface area contributed by atoms with Crippen molar-refractivity contribution in [2.24, 2.45) is 5.92 Å². The van der Waals surface area contributed by atoms with Gasteiger partial charge >= 0.3 is 0 Å². The first-order valence-corrected chi connectivity index (χ1v) is 7.09. The van der Waals surface area contributed by atoms with Crippen LogP contribution in [0.1, 0.15) is 36.0 Å². The van der Waals surface area contributed by atoms with E-state index in [1.165, 1.54) is 12.3 Å². The lowest BCUT2D eigenvalue weighted by molar-refractivity contribution is -0.130. The Kier molecular flexibility index (Phi) is 3.46. The van der Waals surface area contributed by atoms with Gasteiger partial charge < -0.3 is 4.90 Å². The molecule has 6 heteroatoms. The predicted octanol–water partition coefficient (Wildman–Crippen LogP) is 2.46. The van der Waals surface area contributed by atoms with Crippen LogP contribution in [0.5, 0.6) is 0 Å².